The van der Waals surface area contributed by atoms with E-state index in [1.807, 2.05) is 13.8 Å². The first-order valence-electron chi connectivity index (χ1n) is 9.28. The Morgan fingerprint density at radius 3 is 2.59 bits per heavy atom. The third-order valence-electron chi connectivity index (χ3n) is 4.59. The van der Waals surface area contributed by atoms with Crippen LogP contribution in [0.5, 0.6) is 0 Å². The second-order valence-electron chi connectivity index (χ2n) is 7.04. The topological polar surface area (TPSA) is 94.8 Å². The smallest absolute Gasteiger partial charge is 0.275 e. The lowest BCUT2D eigenvalue weighted by molar-refractivity contribution is -0.112. The summed E-state index contributed by atoms with van der Waals surface area (Å²) < 4.78 is 36.6. The molecule has 1 unspecified atom stereocenters. The van der Waals surface area contributed by atoms with E-state index in [1.165, 1.54) is 6.07 Å². The molecule has 1 aromatic heterocycles. The Bertz CT molecular complexity index is 970. The summed E-state index contributed by atoms with van der Waals surface area (Å²) in [4.78, 5) is 20.9. The number of aromatic nitrogens is 1. The maximum absolute atomic E-state index is 14.2. The first-order chi connectivity index (χ1) is 13.7. The standard InChI is InChI=1S/C20H24FN3O3S2/c1-12(2)17-19(29(26,27)13(3)14-8-4-5-9-15(14)21)28-20(23-17)24-18(25)16-10-6-7-11-22-16/h4-5,8-13,26-27H,6-7H2,1-3H3,(H,23,24,25). The predicted molar refractivity (Wildman–Crippen MR) is 117 cm³/mol. The molecule has 29 heavy (non-hydrogen) atoms. The summed E-state index contributed by atoms with van der Waals surface area (Å²) >= 11 is 1.01. The molecule has 3 N–H and O–H groups in total. The Morgan fingerprint density at radius 2 is 1.97 bits per heavy atom. The number of nitrogens with zero attached hydrogens (tertiary/aromatic N) is 2. The van der Waals surface area contributed by atoms with E-state index in [1.54, 1.807) is 37.4 Å². The van der Waals surface area contributed by atoms with Crippen LogP contribution >= 0.6 is 21.9 Å². The van der Waals surface area contributed by atoms with Gasteiger partial charge in [0.05, 0.1) is 10.9 Å². The molecule has 1 amide bonds. The molecule has 1 atom stereocenters. The maximum atomic E-state index is 14.2. The van der Waals surface area contributed by atoms with Crippen molar-refractivity contribution in [1.82, 2.24) is 4.98 Å². The highest BCUT2D eigenvalue weighted by molar-refractivity contribution is 8.25. The maximum Gasteiger partial charge on any atom is 0.275 e. The van der Waals surface area contributed by atoms with E-state index in [9.17, 15) is 18.3 Å². The van der Waals surface area contributed by atoms with Crippen LogP contribution in [0.15, 0.2) is 45.2 Å². The fraction of sp³-hybridized carbons (Fsp3) is 0.350. The summed E-state index contributed by atoms with van der Waals surface area (Å²) in [5, 5.41) is 2.09. The van der Waals surface area contributed by atoms with Gasteiger partial charge < -0.3 is 0 Å². The Labute approximate surface area is 175 Å². The highest BCUT2D eigenvalue weighted by Gasteiger charge is 2.33. The Morgan fingerprint density at radius 1 is 1.24 bits per heavy atom. The minimum atomic E-state index is -3.41. The Kier molecular flexibility index (Phi) is 6.52. The second-order valence-corrected chi connectivity index (χ2v) is 10.6. The fourth-order valence-corrected chi connectivity index (χ4v) is 6.38. The lowest BCUT2D eigenvalue weighted by atomic mass is 10.1. The van der Waals surface area contributed by atoms with Crippen molar-refractivity contribution in [1.29, 1.82) is 0 Å². The minimum Gasteiger partial charge on any atom is -0.296 e. The fourth-order valence-electron chi connectivity index (χ4n) is 2.92. The van der Waals surface area contributed by atoms with Crippen LogP contribution in [-0.2, 0) is 4.79 Å². The molecule has 0 spiro atoms. The third-order valence-corrected chi connectivity index (χ3v) is 8.36. The van der Waals surface area contributed by atoms with Gasteiger partial charge in [-0.3, -0.25) is 24.2 Å². The van der Waals surface area contributed by atoms with E-state index in [-0.39, 0.29) is 20.8 Å². The minimum absolute atomic E-state index is 0.113. The number of rotatable bonds is 6. The number of allylic oxidation sites excluding steroid dienone is 1. The number of hydrogen-bond donors (Lipinski definition) is 3. The molecule has 156 valence electrons. The van der Waals surface area contributed by atoms with E-state index < -0.39 is 27.6 Å². The van der Waals surface area contributed by atoms with Crippen LogP contribution in [0.1, 0.15) is 56.0 Å². The van der Waals surface area contributed by atoms with Crippen molar-refractivity contribution in [3.63, 3.8) is 0 Å². The lowest BCUT2D eigenvalue weighted by Crippen LogP contribution is -2.14. The van der Waals surface area contributed by atoms with Crippen LogP contribution in [0.4, 0.5) is 9.52 Å². The SMILES string of the molecule is CC(C)c1nc(NC(=O)C2=CCCC=N2)sc1S(O)(O)C(C)c1ccccc1F. The van der Waals surface area contributed by atoms with Gasteiger partial charge in [-0.1, -0.05) is 49.5 Å². The van der Waals surface area contributed by atoms with Crippen LogP contribution in [0.25, 0.3) is 0 Å². The predicted octanol–water partition coefficient (Wildman–Crippen LogP) is 5.96. The number of benzene rings is 1. The summed E-state index contributed by atoms with van der Waals surface area (Å²) in [6, 6.07) is 6.05. The van der Waals surface area contributed by atoms with Crippen LogP contribution in [0.2, 0.25) is 0 Å². The van der Waals surface area contributed by atoms with E-state index in [0.717, 1.165) is 24.2 Å². The molecule has 2 aromatic rings. The first kappa shape index (κ1) is 21.6. The molecule has 0 radical (unpaired) electrons. The highest BCUT2D eigenvalue weighted by atomic mass is 32.3. The molecule has 6 nitrogen and oxygen atoms in total. The zero-order chi connectivity index (χ0) is 21.2. The summed E-state index contributed by atoms with van der Waals surface area (Å²) in [5.74, 6) is -1.00. The van der Waals surface area contributed by atoms with Gasteiger partial charge in [0.25, 0.3) is 5.91 Å². The van der Waals surface area contributed by atoms with Gasteiger partial charge in [0.2, 0.25) is 0 Å². The number of carbonyl (C=O) groups excluding carboxylic acids is 1. The van der Waals surface area contributed by atoms with Crippen molar-refractivity contribution in [2.45, 2.75) is 49.0 Å². The summed E-state index contributed by atoms with van der Waals surface area (Å²) in [6.45, 7) is 5.33. The molecule has 9 heteroatoms. The lowest BCUT2D eigenvalue weighted by Gasteiger charge is -2.38. The average molecular weight is 438 g/mol. The van der Waals surface area contributed by atoms with Crippen molar-refractivity contribution in [3.8, 4) is 0 Å². The monoisotopic (exact) mass is 437 g/mol. The van der Waals surface area contributed by atoms with E-state index in [4.69, 9.17) is 0 Å². The van der Waals surface area contributed by atoms with Crippen molar-refractivity contribution in [2.75, 3.05) is 5.32 Å². The van der Waals surface area contributed by atoms with E-state index in [0.29, 0.717) is 11.4 Å². The van der Waals surface area contributed by atoms with Gasteiger partial charge in [0, 0.05) is 11.8 Å². The molecule has 3 rings (SSSR count). The molecular weight excluding hydrogens is 413 g/mol. The quantitative estimate of drug-likeness (QED) is 0.519. The number of carbonyl (C=O) groups is 1. The molecular formula is C20H24FN3O3S2. The van der Waals surface area contributed by atoms with Crippen LogP contribution in [-0.4, -0.2) is 26.2 Å². The van der Waals surface area contributed by atoms with Gasteiger partial charge in [0.15, 0.2) is 5.13 Å². The molecule has 1 aromatic carbocycles. The van der Waals surface area contributed by atoms with Gasteiger partial charge in [0.1, 0.15) is 15.7 Å². The third kappa shape index (κ3) is 4.58. The normalized spacial score (nSPS) is 15.9. The molecule has 0 fully saturated rings. The van der Waals surface area contributed by atoms with Gasteiger partial charge in [-0.25, -0.2) is 9.37 Å². The number of thiazole rings is 1. The first-order valence-corrected chi connectivity index (χ1v) is 11.7. The number of halogens is 1. The van der Waals surface area contributed by atoms with Crippen molar-refractivity contribution < 1.29 is 18.3 Å². The average Bonchev–Trinajstić information content (AvgIpc) is 3.13. The highest BCUT2D eigenvalue weighted by Crippen LogP contribution is 2.64. The van der Waals surface area contributed by atoms with Gasteiger partial charge in [-0.2, -0.15) is 10.6 Å². The van der Waals surface area contributed by atoms with Crippen molar-refractivity contribution in [3.05, 3.63) is 53.1 Å². The number of anilines is 1. The molecule has 1 aliphatic rings. The van der Waals surface area contributed by atoms with Crippen LogP contribution in [0.3, 0.4) is 0 Å². The second kappa shape index (κ2) is 8.74. The number of nitrogens with one attached hydrogen (secondary N) is 1. The van der Waals surface area contributed by atoms with Crippen LogP contribution in [0, 0.1) is 5.82 Å². The molecule has 0 saturated heterocycles. The Hall–Kier alpha value is -2.07. The van der Waals surface area contributed by atoms with Crippen molar-refractivity contribution >= 4 is 39.2 Å². The summed E-state index contributed by atoms with van der Waals surface area (Å²) in [5.41, 5.74) is 1.02. The Balaban J connectivity index is 1.93. The van der Waals surface area contributed by atoms with Crippen molar-refractivity contribution in [2.24, 2.45) is 4.99 Å². The largest absolute Gasteiger partial charge is 0.296 e. The van der Waals surface area contributed by atoms with Gasteiger partial charge in [-0.15, -0.1) is 0 Å². The summed E-state index contributed by atoms with van der Waals surface area (Å²) in [6.07, 6.45) is 4.98. The molecule has 1 aliphatic heterocycles. The molecule has 0 saturated carbocycles. The zero-order valence-corrected chi connectivity index (χ0v) is 18.1. The molecule has 2 heterocycles. The zero-order valence-electron chi connectivity index (χ0n) is 16.4. The van der Waals surface area contributed by atoms with E-state index >= 15 is 0 Å². The molecule has 0 aliphatic carbocycles. The van der Waals surface area contributed by atoms with Crippen LogP contribution < -0.4 is 5.32 Å². The number of amides is 1. The summed E-state index contributed by atoms with van der Waals surface area (Å²) in [7, 11) is -3.41. The number of aliphatic imine (C=N–C) groups is 1. The van der Waals surface area contributed by atoms with E-state index in [2.05, 4.69) is 15.3 Å². The number of hydrogen-bond acceptors (Lipinski definition) is 6. The van der Waals surface area contributed by atoms with Gasteiger partial charge >= 0.3 is 0 Å². The molecule has 0 bridgehead atoms. The van der Waals surface area contributed by atoms with Gasteiger partial charge in [-0.05, 0) is 31.7 Å².